The molecule has 4 N–H and O–H groups in total. The topological polar surface area (TPSA) is 72.3 Å². The minimum atomic E-state index is -0.529. The molecule has 0 unspecified atom stereocenters. The van der Waals surface area contributed by atoms with Gasteiger partial charge in [0.05, 0.1) is 5.56 Å². The summed E-state index contributed by atoms with van der Waals surface area (Å²) in [7, 11) is 1.83. The van der Waals surface area contributed by atoms with Crippen molar-refractivity contribution in [2.45, 2.75) is 6.54 Å². The summed E-state index contributed by atoms with van der Waals surface area (Å²) in [6, 6.07) is 11.2. The Bertz CT molecular complexity index is 626. The summed E-state index contributed by atoms with van der Waals surface area (Å²) in [5.41, 5.74) is 13.5. The van der Waals surface area contributed by atoms with Gasteiger partial charge in [0, 0.05) is 25.0 Å². The first-order valence-electron chi connectivity index (χ1n) is 6.12. The van der Waals surface area contributed by atoms with E-state index >= 15 is 0 Å². The quantitative estimate of drug-likeness (QED) is 0.838. The van der Waals surface area contributed by atoms with Gasteiger partial charge >= 0.3 is 0 Å². The van der Waals surface area contributed by atoms with Crippen LogP contribution < -0.4 is 16.4 Å². The SMILES string of the molecule is CN(Cc1ccc(F)cc1)c1ccc(N)cc1C(N)=O. The Labute approximate surface area is 116 Å². The van der Waals surface area contributed by atoms with Crippen LogP contribution in [-0.4, -0.2) is 13.0 Å². The monoisotopic (exact) mass is 273 g/mol. The zero-order valence-corrected chi connectivity index (χ0v) is 11.1. The zero-order chi connectivity index (χ0) is 14.7. The van der Waals surface area contributed by atoms with Crippen LogP contribution in [0.15, 0.2) is 42.5 Å². The molecule has 20 heavy (non-hydrogen) atoms. The second kappa shape index (κ2) is 5.61. The first kappa shape index (κ1) is 13.9. The molecular weight excluding hydrogens is 257 g/mol. The van der Waals surface area contributed by atoms with E-state index in [9.17, 15) is 9.18 Å². The van der Waals surface area contributed by atoms with Crippen LogP contribution in [0, 0.1) is 5.82 Å². The number of nitrogen functional groups attached to an aromatic ring is 1. The van der Waals surface area contributed by atoms with Crippen LogP contribution in [0.5, 0.6) is 0 Å². The van der Waals surface area contributed by atoms with Crippen LogP contribution in [0.25, 0.3) is 0 Å². The Balaban J connectivity index is 2.27. The Morgan fingerprint density at radius 3 is 2.45 bits per heavy atom. The maximum absolute atomic E-state index is 12.9. The molecule has 0 saturated carbocycles. The summed E-state index contributed by atoms with van der Waals surface area (Å²) in [4.78, 5) is 13.3. The van der Waals surface area contributed by atoms with Gasteiger partial charge in [-0.05, 0) is 35.9 Å². The van der Waals surface area contributed by atoms with Crippen LogP contribution in [0.4, 0.5) is 15.8 Å². The standard InChI is InChI=1S/C15H16FN3O/c1-19(9-10-2-4-11(16)5-3-10)14-7-6-12(17)8-13(14)15(18)20/h2-8H,9,17H2,1H3,(H2,18,20). The largest absolute Gasteiger partial charge is 0.399 e. The average molecular weight is 273 g/mol. The van der Waals surface area contributed by atoms with E-state index in [0.29, 0.717) is 23.5 Å². The van der Waals surface area contributed by atoms with Gasteiger partial charge in [0.1, 0.15) is 5.82 Å². The van der Waals surface area contributed by atoms with Crippen LogP contribution in [0.3, 0.4) is 0 Å². The van der Waals surface area contributed by atoms with Gasteiger partial charge in [0.25, 0.3) is 5.91 Å². The Morgan fingerprint density at radius 2 is 1.85 bits per heavy atom. The molecule has 104 valence electrons. The highest BCUT2D eigenvalue weighted by Crippen LogP contribution is 2.23. The van der Waals surface area contributed by atoms with Gasteiger partial charge in [-0.2, -0.15) is 0 Å². The first-order chi connectivity index (χ1) is 9.47. The van der Waals surface area contributed by atoms with Crippen molar-refractivity contribution in [2.24, 2.45) is 5.73 Å². The lowest BCUT2D eigenvalue weighted by Crippen LogP contribution is -2.22. The molecule has 0 aliphatic heterocycles. The number of nitrogens with two attached hydrogens (primary N) is 2. The molecule has 0 spiro atoms. The second-order valence-electron chi connectivity index (χ2n) is 4.62. The van der Waals surface area contributed by atoms with Crippen LogP contribution in [0.1, 0.15) is 15.9 Å². The van der Waals surface area contributed by atoms with E-state index < -0.39 is 5.91 Å². The van der Waals surface area contributed by atoms with Crippen molar-refractivity contribution in [3.8, 4) is 0 Å². The molecule has 2 aromatic rings. The summed E-state index contributed by atoms with van der Waals surface area (Å²) in [5.74, 6) is -0.806. The van der Waals surface area contributed by atoms with Crippen molar-refractivity contribution in [1.82, 2.24) is 0 Å². The second-order valence-corrected chi connectivity index (χ2v) is 4.62. The number of amides is 1. The molecule has 4 nitrogen and oxygen atoms in total. The number of benzene rings is 2. The number of carbonyl (C=O) groups is 1. The third kappa shape index (κ3) is 3.06. The normalized spacial score (nSPS) is 10.3. The first-order valence-corrected chi connectivity index (χ1v) is 6.12. The molecule has 0 bridgehead atoms. The summed E-state index contributed by atoms with van der Waals surface area (Å²) < 4.78 is 12.9. The number of carbonyl (C=O) groups excluding carboxylic acids is 1. The van der Waals surface area contributed by atoms with Gasteiger partial charge < -0.3 is 16.4 Å². The molecule has 2 rings (SSSR count). The highest BCUT2D eigenvalue weighted by Gasteiger charge is 2.12. The molecule has 0 aliphatic carbocycles. The fraction of sp³-hybridized carbons (Fsp3) is 0.133. The lowest BCUT2D eigenvalue weighted by atomic mass is 10.1. The van der Waals surface area contributed by atoms with Gasteiger partial charge in [-0.3, -0.25) is 4.79 Å². The van der Waals surface area contributed by atoms with E-state index in [1.54, 1.807) is 30.3 Å². The van der Waals surface area contributed by atoms with E-state index in [0.717, 1.165) is 5.56 Å². The molecule has 2 aromatic carbocycles. The number of halogens is 1. The zero-order valence-electron chi connectivity index (χ0n) is 11.1. The molecular formula is C15H16FN3O. The molecule has 0 atom stereocenters. The third-order valence-electron chi connectivity index (χ3n) is 3.03. The Morgan fingerprint density at radius 1 is 1.20 bits per heavy atom. The molecule has 0 fully saturated rings. The summed E-state index contributed by atoms with van der Waals surface area (Å²) >= 11 is 0. The van der Waals surface area contributed by atoms with E-state index in [2.05, 4.69) is 0 Å². The molecule has 0 aliphatic rings. The third-order valence-corrected chi connectivity index (χ3v) is 3.03. The maximum atomic E-state index is 12.9. The molecule has 0 saturated heterocycles. The van der Waals surface area contributed by atoms with Crippen LogP contribution >= 0.6 is 0 Å². The fourth-order valence-electron chi connectivity index (χ4n) is 2.03. The Kier molecular flexibility index (Phi) is 3.89. The van der Waals surface area contributed by atoms with Crippen molar-refractivity contribution in [3.05, 3.63) is 59.4 Å². The smallest absolute Gasteiger partial charge is 0.250 e. The highest BCUT2D eigenvalue weighted by atomic mass is 19.1. The van der Waals surface area contributed by atoms with Crippen LogP contribution in [-0.2, 0) is 6.54 Å². The lowest BCUT2D eigenvalue weighted by Gasteiger charge is -2.22. The van der Waals surface area contributed by atoms with Crippen molar-refractivity contribution >= 4 is 17.3 Å². The number of anilines is 2. The van der Waals surface area contributed by atoms with Crippen molar-refractivity contribution in [1.29, 1.82) is 0 Å². The van der Waals surface area contributed by atoms with Crippen molar-refractivity contribution in [3.63, 3.8) is 0 Å². The van der Waals surface area contributed by atoms with Gasteiger partial charge in [0.15, 0.2) is 0 Å². The minimum absolute atomic E-state index is 0.276. The van der Waals surface area contributed by atoms with E-state index in [-0.39, 0.29) is 5.82 Å². The number of nitrogens with zero attached hydrogens (tertiary/aromatic N) is 1. The van der Waals surface area contributed by atoms with Crippen molar-refractivity contribution < 1.29 is 9.18 Å². The molecule has 0 heterocycles. The van der Waals surface area contributed by atoms with Gasteiger partial charge in [-0.25, -0.2) is 4.39 Å². The average Bonchev–Trinajstić information content (AvgIpc) is 2.41. The highest BCUT2D eigenvalue weighted by molar-refractivity contribution is 5.99. The minimum Gasteiger partial charge on any atom is -0.399 e. The van der Waals surface area contributed by atoms with Crippen molar-refractivity contribution in [2.75, 3.05) is 17.7 Å². The molecule has 1 amide bonds. The molecule has 5 heteroatoms. The van der Waals surface area contributed by atoms with E-state index in [1.807, 2.05) is 11.9 Å². The van der Waals surface area contributed by atoms with Gasteiger partial charge in [-0.15, -0.1) is 0 Å². The summed E-state index contributed by atoms with van der Waals surface area (Å²) in [5, 5.41) is 0. The predicted molar refractivity (Wildman–Crippen MR) is 77.9 cm³/mol. The Hall–Kier alpha value is -2.56. The maximum Gasteiger partial charge on any atom is 0.250 e. The van der Waals surface area contributed by atoms with Gasteiger partial charge in [0.2, 0.25) is 0 Å². The van der Waals surface area contributed by atoms with Crippen LogP contribution in [0.2, 0.25) is 0 Å². The number of hydrogen-bond donors (Lipinski definition) is 2. The van der Waals surface area contributed by atoms with E-state index in [1.165, 1.54) is 12.1 Å². The summed E-state index contributed by atoms with van der Waals surface area (Å²) in [6.07, 6.45) is 0. The molecule has 0 aromatic heterocycles. The van der Waals surface area contributed by atoms with Gasteiger partial charge in [-0.1, -0.05) is 12.1 Å². The summed E-state index contributed by atoms with van der Waals surface area (Å²) in [6.45, 7) is 0.532. The number of rotatable bonds is 4. The number of hydrogen-bond acceptors (Lipinski definition) is 3. The number of primary amides is 1. The molecule has 0 radical (unpaired) electrons. The fourth-order valence-corrected chi connectivity index (χ4v) is 2.03. The lowest BCUT2D eigenvalue weighted by molar-refractivity contribution is 0.100. The predicted octanol–water partition coefficient (Wildman–Crippen LogP) is 2.14. The van der Waals surface area contributed by atoms with E-state index in [4.69, 9.17) is 11.5 Å².